The average Bonchev–Trinajstić information content (AvgIpc) is 3.14. The Bertz CT molecular complexity index is 888. The van der Waals surface area contributed by atoms with Gasteiger partial charge in [-0.2, -0.15) is 5.10 Å². The molecule has 0 radical (unpaired) electrons. The molecule has 0 unspecified atom stereocenters. The van der Waals surface area contributed by atoms with Gasteiger partial charge < -0.3 is 9.47 Å². The quantitative estimate of drug-likeness (QED) is 0.635. The zero-order chi connectivity index (χ0) is 18.8. The SMILES string of the molecule is CC[C@@H]1CCc2sc(C(=O)N/N=C(/C)c3ccc4c(c3)OCCO4)cc2C1. The maximum absolute atomic E-state index is 12.5. The lowest BCUT2D eigenvalue weighted by atomic mass is 9.87. The molecule has 1 aromatic carbocycles. The lowest BCUT2D eigenvalue weighted by molar-refractivity contribution is 0.0959. The van der Waals surface area contributed by atoms with Crippen LogP contribution in [0.1, 0.15) is 52.4 Å². The monoisotopic (exact) mass is 384 g/mol. The maximum Gasteiger partial charge on any atom is 0.281 e. The molecule has 2 aromatic rings. The fraction of sp³-hybridized carbons (Fsp3) is 0.429. The highest BCUT2D eigenvalue weighted by atomic mass is 32.1. The normalized spacial score (nSPS) is 18.7. The first-order valence-corrected chi connectivity index (χ1v) is 10.3. The number of hydrazone groups is 1. The summed E-state index contributed by atoms with van der Waals surface area (Å²) in [7, 11) is 0. The Morgan fingerprint density at radius 1 is 1.26 bits per heavy atom. The number of benzene rings is 1. The fourth-order valence-electron chi connectivity index (χ4n) is 3.58. The number of carbonyl (C=O) groups is 1. The van der Waals surface area contributed by atoms with Gasteiger partial charge in [-0.15, -0.1) is 11.3 Å². The molecule has 4 rings (SSSR count). The largest absolute Gasteiger partial charge is 0.486 e. The van der Waals surface area contributed by atoms with Crippen LogP contribution in [0.3, 0.4) is 0 Å². The summed E-state index contributed by atoms with van der Waals surface area (Å²) in [6.07, 6.45) is 4.61. The molecule has 27 heavy (non-hydrogen) atoms. The van der Waals surface area contributed by atoms with Gasteiger partial charge in [0.25, 0.3) is 5.91 Å². The van der Waals surface area contributed by atoms with Crippen molar-refractivity contribution in [3.8, 4) is 11.5 Å². The standard InChI is InChI=1S/C21H24N2O3S/c1-3-14-4-7-19-16(10-14)12-20(27-19)21(24)23-22-13(2)15-5-6-17-18(11-15)26-9-8-25-17/h5-6,11-12,14H,3-4,7-10H2,1-2H3,(H,23,24)/b22-13-/t14-/m1/s1. The zero-order valence-electron chi connectivity index (χ0n) is 15.7. The lowest BCUT2D eigenvalue weighted by Crippen LogP contribution is -2.19. The summed E-state index contributed by atoms with van der Waals surface area (Å²) >= 11 is 1.60. The molecule has 0 bridgehead atoms. The molecule has 6 heteroatoms. The van der Waals surface area contributed by atoms with E-state index in [4.69, 9.17) is 9.47 Å². The van der Waals surface area contributed by atoms with E-state index in [0.29, 0.717) is 13.2 Å². The van der Waals surface area contributed by atoms with E-state index in [9.17, 15) is 4.79 Å². The summed E-state index contributed by atoms with van der Waals surface area (Å²) in [4.78, 5) is 14.6. The third kappa shape index (κ3) is 3.86. The Morgan fingerprint density at radius 2 is 2.07 bits per heavy atom. The van der Waals surface area contributed by atoms with E-state index in [0.717, 1.165) is 46.4 Å². The van der Waals surface area contributed by atoms with Gasteiger partial charge >= 0.3 is 0 Å². The van der Waals surface area contributed by atoms with Crippen LogP contribution in [0, 0.1) is 5.92 Å². The molecular formula is C21H24N2O3S. The number of hydrogen-bond donors (Lipinski definition) is 1. The van der Waals surface area contributed by atoms with Crippen molar-refractivity contribution in [2.24, 2.45) is 11.0 Å². The van der Waals surface area contributed by atoms with Gasteiger partial charge in [-0.05, 0) is 61.9 Å². The lowest BCUT2D eigenvalue weighted by Gasteiger charge is -2.19. The number of hydrogen-bond acceptors (Lipinski definition) is 5. The summed E-state index contributed by atoms with van der Waals surface area (Å²) < 4.78 is 11.1. The molecule has 2 heterocycles. The van der Waals surface area contributed by atoms with Gasteiger partial charge in [0.05, 0.1) is 10.6 Å². The molecule has 142 valence electrons. The number of thiophene rings is 1. The second-order valence-electron chi connectivity index (χ2n) is 7.07. The molecule has 1 atom stereocenters. The summed E-state index contributed by atoms with van der Waals surface area (Å²) in [5.74, 6) is 2.07. The van der Waals surface area contributed by atoms with Crippen molar-refractivity contribution in [3.63, 3.8) is 0 Å². The number of fused-ring (bicyclic) bond motifs is 2. The maximum atomic E-state index is 12.5. The molecule has 0 saturated carbocycles. The smallest absolute Gasteiger partial charge is 0.281 e. The van der Waals surface area contributed by atoms with Crippen LogP contribution in [0.15, 0.2) is 29.4 Å². The van der Waals surface area contributed by atoms with E-state index in [1.54, 1.807) is 11.3 Å². The van der Waals surface area contributed by atoms with E-state index in [2.05, 4.69) is 17.5 Å². The molecule has 1 aliphatic heterocycles. The molecule has 0 spiro atoms. The molecule has 5 nitrogen and oxygen atoms in total. The van der Waals surface area contributed by atoms with Crippen molar-refractivity contribution < 1.29 is 14.3 Å². The fourth-order valence-corrected chi connectivity index (χ4v) is 4.68. The van der Waals surface area contributed by atoms with Crippen molar-refractivity contribution >= 4 is 23.0 Å². The van der Waals surface area contributed by atoms with Gasteiger partial charge in [-0.25, -0.2) is 5.43 Å². The second kappa shape index (κ2) is 7.72. The van der Waals surface area contributed by atoms with Crippen molar-refractivity contribution in [1.82, 2.24) is 5.43 Å². The number of rotatable bonds is 4. The third-order valence-electron chi connectivity index (χ3n) is 5.27. The zero-order valence-corrected chi connectivity index (χ0v) is 16.5. The van der Waals surface area contributed by atoms with E-state index in [-0.39, 0.29) is 5.91 Å². The number of aryl methyl sites for hydroxylation is 1. The number of ether oxygens (including phenoxy) is 2. The number of amides is 1. The minimum Gasteiger partial charge on any atom is -0.486 e. The second-order valence-corrected chi connectivity index (χ2v) is 8.21. The van der Waals surface area contributed by atoms with Crippen molar-refractivity contribution in [1.29, 1.82) is 0 Å². The van der Waals surface area contributed by atoms with Gasteiger partial charge in [-0.1, -0.05) is 13.3 Å². The van der Waals surface area contributed by atoms with Gasteiger partial charge in [0.2, 0.25) is 0 Å². The summed E-state index contributed by atoms with van der Waals surface area (Å²) in [6, 6.07) is 7.75. The first-order chi connectivity index (χ1) is 13.1. The van der Waals surface area contributed by atoms with Crippen LogP contribution in [-0.2, 0) is 12.8 Å². The van der Waals surface area contributed by atoms with Crippen molar-refractivity contribution in [3.05, 3.63) is 45.1 Å². The Morgan fingerprint density at radius 3 is 2.89 bits per heavy atom. The van der Waals surface area contributed by atoms with E-state index >= 15 is 0 Å². The molecule has 0 fully saturated rings. The summed E-state index contributed by atoms with van der Waals surface area (Å²) in [6.45, 7) is 5.23. The highest BCUT2D eigenvalue weighted by Gasteiger charge is 2.22. The predicted octanol–water partition coefficient (Wildman–Crippen LogP) is 4.19. The first kappa shape index (κ1) is 18.0. The van der Waals surface area contributed by atoms with E-state index < -0.39 is 0 Å². The van der Waals surface area contributed by atoms with Gasteiger partial charge in [0, 0.05) is 10.4 Å². The van der Waals surface area contributed by atoms with Crippen molar-refractivity contribution in [2.75, 3.05) is 13.2 Å². The number of nitrogens with zero attached hydrogens (tertiary/aromatic N) is 1. The summed E-state index contributed by atoms with van der Waals surface area (Å²) in [5, 5.41) is 4.28. The third-order valence-corrected chi connectivity index (χ3v) is 6.51. The Hall–Kier alpha value is -2.34. The van der Waals surface area contributed by atoms with E-state index in [1.807, 2.05) is 31.2 Å². The highest BCUT2D eigenvalue weighted by molar-refractivity contribution is 7.14. The van der Waals surface area contributed by atoms with Gasteiger partial charge in [0.15, 0.2) is 11.5 Å². The molecule has 1 amide bonds. The number of nitrogens with one attached hydrogen (secondary N) is 1. The van der Waals surface area contributed by atoms with Crippen LogP contribution in [0.4, 0.5) is 0 Å². The highest BCUT2D eigenvalue weighted by Crippen LogP contribution is 2.33. The van der Waals surface area contributed by atoms with Crippen molar-refractivity contribution in [2.45, 2.75) is 39.5 Å². The molecular weight excluding hydrogens is 360 g/mol. The Labute approximate surface area is 163 Å². The molecule has 1 aliphatic carbocycles. The molecule has 0 saturated heterocycles. The van der Waals surface area contributed by atoms with Crippen LogP contribution in [0.5, 0.6) is 11.5 Å². The van der Waals surface area contributed by atoms with Gasteiger partial charge in [-0.3, -0.25) is 4.79 Å². The average molecular weight is 385 g/mol. The molecule has 1 aromatic heterocycles. The minimum atomic E-state index is -0.139. The van der Waals surface area contributed by atoms with Crippen LogP contribution in [0.2, 0.25) is 0 Å². The first-order valence-electron chi connectivity index (χ1n) is 9.50. The summed E-state index contributed by atoms with van der Waals surface area (Å²) in [5.41, 5.74) is 5.67. The minimum absolute atomic E-state index is 0.139. The van der Waals surface area contributed by atoms with Crippen LogP contribution >= 0.6 is 11.3 Å². The molecule has 2 aliphatic rings. The number of carbonyl (C=O) groups excluding carboxylic acids is 1. The Kier molecular flexibility index (Phi) is 5.16. The van der Waals surface area contributed by atoms with Crippen LogP contribution in [0.25, 0.3) is 0 Å². The van der Waals surface area contributed by atoms with Crippen LogP contribution in [-0.4, -0.2) is 24.8 Å². The van der Waals surface area contributed by atoms with E-state index in [1.165, 1.54) is 23.3 Å². The molecule has 1 N–H and O–H groups in total. The van der Waals surface area contributed by atoms with Gasteiger partial charge in [0.1, 0.15) is 13.2 Å². The topological polar surface area (TPSA) is 59.9 Å². The predicted molar refractivity (Wildman–Crippen MR) is 107 cm³/mol. The van der Waals surface area contributed by atoms with Crippen LogP contribution < -0.4 is 14.9 Å². The Balaban J connectivity index is 1.45.